The molecule has 0 aliphatic carbocycles. The Labute approximate surface area is 87.1 Å². The third-order valence-electron chi connectivity index (χ3n) is 1.83. The molecule has 76 valence electrons. The highest BCUT2D eigenvalue weighted by Gasteiger charge is 1.94. The zero-order valence-corrected chi connectivity index (χ0v) is 8.08. The van der Waals surface area contributed by atoms with Gasteiger partial charge in [0.15, 0.2) is 0 Å². The predicted molar refractivity (Wildman–Crippen MR) is 52.6 cm³/mol. The molecule has 0 aliphatic rings. The summed E-state index contributed by atoms with van der Waals surface area (Å²) in [6.45, 7) is 1.05. The minimum absolute atomic E-state index is 0.526. The van der Waals surface area contributed by atoms with Gasteiger partial charge in [-0.3, -0.25) is 0 Å². The SMILES string of the molecule is c1cc(COCc2ccnnc2)cnn1. The van der Waals surface area contributed by atoms with Crippen LogP contribution in [0.5, 0.6) is 0 Å². The molecule has 15 heavy (non-hydrogen) atoms. The molecular weight excluding hydrogens is 192 g/mol. The Morgan fingerprint density at radius 2 is 1.33 bits per heavy atom. The van der Waals surface area contributed by atoms with Crippen molar-refractivity contribution >= 4 is 0 Å². The van der Waals surface area contributed by atoms with Crippen LogP contribution in [0, 0.1) is 0 Å². The summed E-state index contributed by atoms with van der Waals surface area (Å²) < 4.78 is 5.47. The monoisotopic (exact) mass is 202 g/mol. The summed E-state index contributed by atoms with van der Waals surface area (Å²) in [7, 11) is 0. The fourth-order valence-electron chi connectivity index (χ4n) is 1.09. The first-order chi connectivity index (χ1) is 7.45. The van der Waals surface area contributed by atoms with Crippen LogP contribution in [0.4, 0.5) is 0 Å². The summed E-state index contributed by atoms with van der Waals surface area (Å²) in [5.74, 6) is 0. The molecule has 0 fully saturated rings. The van der Waals surface area contributed by atoms with E-state index in [-0.39, 0.29) is 0 Å². The zero-order chi connectivity index (χ0) is 10.3. The highest BCUT2D eigenvalue weighted by Crippen LogP contribution is 2.01. The highest BCUT2D eigenvalue weighted by molar-refractivity contribution is 5.05. The van der Waals surface area contributed by atoms with Crippen LogP contribution in [0.15, 0.2) is 36.9 Å². The molecule has 2 rings (SSSR count). The van der Waals surface area contributed by atoms with Gasteiger partial charge in [-0.15, -0.1) is 0 Å². The maximum Gasteiger partial charge on any atom is 0.0737 e. The summed E-state index contributed by atoms with van der Waals surface area (Å²) in [6.07, 6.45) is 6.66. The molecule has 5 nitrogen and oxygen atoms in total. The van der Waals surface area contributed by atoms with Crippen LogP contribution >= 0.6 is 0 Å². The Balaban J connectivity index is 1.81. The van der Waals surface area contributed by atoms with Gasteiger partial charge in [0, 0.05) is 12.4 Å². The molecule has 0 radical (unpaired) electrons. The zero-order valence-electron chi connectivity index (χ0n) is 8.08. The van der Waals surface area contributed by atoms with E-state index in [2.05, 4.69) is 20.4 Å². The van der Waals surface area contributed by atoms with Gasteiger partial charge in [-0.1, -0.05) is 0 Å². The molecule has 0 saturated heterocycles. The Bertz CT molecular complexity index is 353. The third-order valence-corrected chi connectivity index (χ3v) is 1.83. The van der Waals surface area contributed by atoms with Crippen molar-refractivity contribution in [3.8, 4) is 0 Å². The van der Waals surface area contributed by atoms with Gasteiger partial charge in [-0.05, 0) is 23.3 Å². The molecule has 5 heteroatoms. The van der Waals surface area contributed by atoms with E-state index < -0.39 is 0 Å². The summed E-state index contributed by atoms with van der Waals surface area (Å²) in [6, 6.07) is 3.75. The van der Waals surface area contributed by atoms with Crippen molar-refractivity contribution in [2.45, 2.75) is 13.2 Å². The lowest BCUT2D eigenvalue weighted by atomic mass is 10.3. The lowest BCUT2D eigenvalue weighted by Crippen LogP contribution is -1.96. The van der Waals surface area contributed by atoms with Crippen LogP contribution in [-0.4, -0.2) is 20.4 Å². The Kier molecular flexibility index (Phi) is 3.30. The first-order valence-corrected chi connectivity index (χ1v) is 4.54. The summed E-state index contributed by atoms with van der Waals surface area (Å²) in [4.78, 5) is 0. The van der Waals surface area contributed by atoms with Gasteiger partial charge >= 0.3 is 0 Å². The quantitative estimate of drug-likeness (QED) is 0.739. The van der Waals surface area contributed by atoms with E-state index in [1.54, 1.807) is 24.8 Å². The Morgan fingerprint density at radius 1 is 0.800 bits per heavy atom. The smallest absolute Gasteiger partial charge is 0.0737 e. The van der Waals surface area contributed by atoms with E-state index in [0.717, 1.165) is 11.1 Å². The van der Waals surface area contributed by atoms with Crippen LogP contribution in [-0.2, 0) is 18.0 Å². The van der Waals surface area contributed by atoms with Crippen molar-refractivity contribution in [2.24, 2.45) is 0 Å². The van der Waals surface area contributed by atoms with E-state index in [1.807, 2.05) is 12.1 Å². The molecule has 2 heterocycles. The fourth-order valence-corrected chi connectivity index (χ4v) is 1.09. The molecule has 0 N–H and O–H groups in total. The minimum atomic E-state index is 0.526. The largest absolute Gasteiger partial charge is 0.372 e. The Morgan fingerprint density at radius 3 is 1.73 bits per heavy atom. The van der Waals surface area contributed by atoms with Crippen molar-refractivity contribution < 1.29 is 4.74 Å². The lowest BCUT2D eigenvalue weighted by Gasteiger charge is -2.02. The Hall–Kier alpha value is -1.88. The summed E-state index contributed by atoms with van der Waals surface area (Å²) in [5.41, 5.74) is 2.01. The van der Waals surface area contributed by atoms with Crippen LogP contribution in [0.1, 0.15) is 11.1 Å². The number of aromatic nitrogens is 4. The molecule has 0 bridgehead atoms. The molecule has 2 aromatic heterocycles. The van der Waals surface area contributed by atoms with E-state index in [1.165, 1.54) is 0 Å². The van der Waals surface area contributed by atoms with E-state index in [9.17, 15) is 0 Å². The standard InChI is InChI=1S/C10H10N4O/c1-3-11-13-5-9(1)7-15-8-10-2-4-12-14-6-10/h1-6H,7-8H2. The number of hydrogen-bond acceptors (Lipinski definition) is 5. The topological polar surface area (TPSA) is 60.8 Å². The molecule has 0 aliphatic heterocycles. The maximum absolute atomic E-state index is 5.47. The van der Waals surface area contributed by atoms with Crippen LogP contribution < -0.4 is 0 Å². The first-order valence-electron chi connectivity index (χ1n) is 4.54. The van der Waals surface area contributed by atoms with Crippen molar-refractivity contribution in [1.29, 1.82) is 0 Å². The second-order valence-corrected chi connectivity index (χ2v) is 2.99. The van der Waals surface area contributed by atoms with Crippen LogP contribution in [0.2, 0.25) is 0 Å². The number of rotatable bonds is 4. The van der Waals surface area contributed by atoms with Gasteiger partial charge < -0.3 is 4.74 Å². The number of ether oxygens (including phenoxy) is 1. The van der Waals surface area contributed by atoms with Gasteiger partial charge in [0.05, 0.1) is 25.6 Å². The van der Waals surface area contributed by atoms with Gasteiger partial charge in [-0.2, -0.15) is 20.4 Å². The third kappa shape index (κ3) is 3.07. The van der Waals surface area contributed by atoms with Gasteiger partial charge in [0.1, 0.15) is 0 Å². The molecule has 0 aromatic carbocycles. The molecule has 2 aromatic rings. The van der Waals surface area contributed by atoms with E-state index in [0.29, 0.717) is 13.2 Å². The number of hydrogen-bond donors (Lipinski definition) is 0. The molecule has 0 atom stereocenters. The van der Waals surface area contributed by atoms with E-state index >= 15 is 0 Å². The lowest BCUT2D eigenvalue weighted by molar-refractivity contribution is 0.106. The maximum atomic E-state index is 5.47. The van der Waals surface area contributed by atoms with Crippen LogP contribution in [0.25, 0.3) is 0 Å². The molecule has 0 saturated carbocycles. The molecule has 0 unspecified atom stereocenters. The minimum Gasteiger partial charge on any atom is -0.372 e. The normalized spacial score (nSPS) is 10.1. The molecule has 0 spiro atoms. The second-order valence-electron chi connectivity index (χ2n) is 2.99. The summed E-state index contributed by atoms with van der Waals surface area (Å²) >= 11 is 0. The predicted octanol–water partition coefficient (Wildman–Crippen LogP) is 0.983. The van der Waals surface area contributed by atoms with Crippen molar-refractivity contribution in [1.82, 2.24) is 20.4 Å². The van der Waals surface area contributed by atoms with Gasteiger partial charge in [0.2, 0.25) is 0 Å². The van der Waals surface area contributed by atoms with E-state index in [4.69, 9.17) is 4.74 Å². The average Bonchev–Trinajstić information content (AvgIpc) is 2.32. The fraction of sp³-hybridized carbons (Fsp3) is 0.200. The van der Waals surface area contributed by atoms with Crippen LogP contribution in [0.3, 0.4) is 0 Å². The van der Waals surface area contributed by atoms with Gasteiger partial charge in [-0.25, -0.2) is 0 Å². The average molecular weight is 202 g/mol. The van der Waals surface area contributed by atoms with Crippen molar-refractivity contribution in [2.75, 3.05) is 0 Å². The molecule has 0 amide bonds. The summed E-state index contributed by atoms with van der Waals surface area (Å²) in [5, 5.41) is 14.9. The van der Waals surface area contributed by atoms with Crippen molar-refractivity contribution in [3.63, 3.8) is 0 Å². The van der Waals surface area contributed by atoms with Gasteiger partial charge in [0.25, 0.3) is 0 Å². The number of nitrogens with zero attached hydrogens (tertiary/aromatic N) is 4. The highest BCUT2D eigenvalue weighted by atomic mass is 16.5. The molecular formula is C10H10N4O. The van der Waals surface area contributed by atoms with Crippen molar-refractivity contribution in [3.05, 3.63) is 48.0 Å². The first kappa shape index (κ1) is 9.67. The second kappa shape index (κ2) is 5.11.